The molecular formula is C15H21N3O2S. The topological polar surface area (TPSA) is 67.2 Å². The molecule has 5 nitrogen and oxygen atoms in total. The Balaban J connectivity index is 2.13. The Morgan fingerprint density at radius 3 is 2.81 bits per heavy atom. The van der Waals surface area contributed by atoms with Crippen LogP contribution in [0.3, 0.4) is 0 Å². The first-order chi connectivity index (χ1) is 9.86. The van der Waals surface area contributed by atoms with Crippen LogP contribution in [0.5, 0.6) is 0 Å². The van der Waals surface area contributed by atoms with E-state index in [1.165, 1.54) is 0 Å². The SMILES string of the molecule is Cc1nc(-c2cc(C(=O)NC(C)CC(C)O)n(C)c2)cs1. The highest BCUT2D eigenvalue weighted by molar-refractivity contribution is 7.09. The van der Waals surface area contributed by atoms with Gasteiger partial charge in [-0.1, -0.05) is 0 Å². The van der Waals surface area contributed by atoms with Crippen molar-refractivity contribution in [1.29, 1.82) is 0 Å². The van der Waals surface area contributed by atoms with Crippen LogP contribution in [0, 0.1) is 6.92 Å². The molecular weight excluding hydrogens is 286 g/mol. The van der Waals surface area contributed by atoms with E-state index in [0.29, 0.717) is 12.1 Å². The summed E-state index contributed by atoms with van der Waals surface area (Å²) in [6, 6.07) is 1.77. The van der Waals surface area contributed by atoms with Crippen LogP contribution in [0.15, 0.2) is 17.6 Å². The number of aliphatic hydroxyl groups excluding tert-OH is 1. The van der Waals surface area contributed by atoms with Crippen LogP contribution in [-0.2, 0) is 7.05 Å². The molecule has 0 aromatic carbocycles. The molecule has 0 aliphatic carbocycles. The summed E-state index contributed by atoms with van der Waals surface area (Å²) in [6.07, 6.45) is 2.01. The summed E-state index contributed by atoms with van der Waals surface area (Å²) in [5.74, 6) is -0.135. The van der Waals surface area contributed by atoms with Gasteiger partial charge < -0.3 is 15.0 Å². The largest absolute Gasteiger partial charge is 0.393 e. The number of aromatic nitrogens is 2. The maximum absolute atomic E-state index is 12.3. The van der Waals surface area contributed by atoms with E-state index in [4.69, 9.17) is 0 Å². The molecule has 0 bridgehead atoms. The Hall–Kier alpha value is -1.66. The molecule has 0 spiro atoms. The zero-order chi connectivity index (χ0) is 15.6. The van der Waals surface area contributed by atoms with E-state index in [-0.39, 0.29) is 11.9 Å². The third kappa shape index (κ3) is 3.92. The number of carbonyl (C=O) groups is 1. The van der Waals surface area contributed by atoms with Crippen molar-refractivity contribution in [2.24, 2.45) is 7.05 Å². The summed E-state index contributed by atoms with van der Waals surface area (Å²) in [5, 5.41) is 15.2. The number of thiazole rings is 1. The number of carbonyl (C=O) groups excluding carboxylic acids is 1. The number of aliphatic hydroxyl groups is 1. The van der Waals surface area contributed by atoms with Gasteiger partial charge in [0.15, 0.2) is 0 Å². The predicted octanol–water partition coefficient (Wildman–Crippen LogP) is 2.35. The van der Waals surface area contributed by atoms with Crippen molar-refractivity contribution in [3.8, 4) is 11.3 Å². The lowest BCUT2D eigenvalue weighted by Crippen LogP contribution is -2.35. The first-order valence-corrected chi connectivity index (χ1v) is 7.82. The minimum Gasteiger partial charge on any atom is -0.393 e. The van der Waals surface area contributed by atoms with Crippen LogP contribution in [0.1, 0.15) is 35.8 Å². The molecule has 0 saturated carbocycles. The van der Waals surface area contributed by atoms with Crippen molar-refractivity contribution in [2.75, 3.05) is 0 Å². The molecule has 2 aromatic rings. The third-order valence-electron chi connectivity index (χ3n) is 3.22. The average Bonchev–Trinajstić information content (AvgIpc) is 2.94. The van der Waals surface area contributed by atoms with E-state index in [1.54, 1.807) is 22.8 Å². The van der Waals surface area contributed by atoms with Gasteiger partial charge in [0.25, 0.3) is 5.91 Å². The standard InChI is InChI=1S/C15H21N3O2S/c1-9(5-10(2)19)16-15(20)14-6-12(7-18(14)4)13-8-21-11(3)17-13/h6-10,19H,5H2,1-4H3,(H,16,20). The molecule has 2 atom stereocenters. The average molecular weight is 307 g/mol. The normalized spacial score (nSPS) is 14.0. The summed E-state index contributed by atoms with van der Waals surface area (Å²) in [5.41, 5.74) is 2.42. The van der Waals surface area contributed by atoms with E-state index < -0.39 is 6.10 Å². The van der Waals surface area contributed by atoms with Crippen molar-refractivity contribution in [3.05, 3.63) is 28.3 Å². The van der Waals surface area contributed by atoms with Gasteiger partial charge in [-0.25, -0.2) is 4.98 Å². The number of hydrogen-bond acceptors (Lipinski definition) is 4. The molecule has 2 rings (SSSR count). The van der Waals surface area contributed by atoms with Gasteiger partial charge in [0.05, 0.1) is 16.8 Å². The van der Waals surface area contributed by atoms with Gasteiger partial charge in [0.2, 0.25) is 0 Å². The summed E-state index contributed by atoms with van der Waals surface area (Å²) < 4.78 is 1.80. The van der Waals surface area contributed by atoms with E-state index in [2.05, 4.69) is 10.3 Å². The number of nitrogens with zero attached hydrogens (tertiary/aromatic N) is 2. The van der Waals surface area contributed by atoms with Crippen molar-refractivity contribution < 1.29 is 9.90 Å². The van der Waals surface area contributed by atoms with Crippen molar-refractivity contribution in [2.45, 2.75) is 39.3 Å². The van der Waals surface area contributed by atoms with Gasteiger partial charge >= 0.3 is 0 Å². The van der Waals surface area contributed by atoms with Gasteiger partial charge in [-0.15, -0.1) is 11.3 Å². The molecule has 2 aromatic heterocycles. The van der Waals surface area contributed by atoms with Crippen molar-refractivity contribution in [1.82, 2.24) is 14.9 Å². The number of nitrogens with one attached hydrogen (secondary N) is 1. The molecule has 2 unspecified atom stereocenters. The number of rotatable bonds is 5. The van der Waals surface area contributed by atoms with Gasteiger partial charge in [0.1, 0.15) is 5.69 Å². The van der Waals surface area contributed by atoms with E-state index >= 15 is 0 Å². The maximum Gasteiger partial charge on any atom is 0.268 e. The molecule has 0 radical (unpaired) electrons. The van der Waals surface area contributed by atoms with Crippen LogP contribution in [0.2, 0.25) is 0 Å². The molecule has 2 heterocycles. The van der Waals surface area contributed by atoms with E-state index in [1.807, 2.05) is 38.5 Å². The Bertz CT molecular complexity index is 631. The second-order valence-corrected chi connectivity index (χ2v) is 6.50. The first kappa shape index (κ1) is 15.7. The van der Waals surface area contributed by atoms with Crippen LogP contribution in [0.25, 0.3) is 11.3 Å². The minimum absolute atomic E-state index is 0.0719. The van der Waals surface area contributed by atoms with E-state index in [0.717, 1.165) is 16.3 Å². The molecule has 0 aliphatic heterocycles. The third-order valence-corrected chi connectivity index (χ3v) is 4.00. The predicted molar refractivity (Wildman–Crippen MR) is 84.5 cm³/mol. The van der Waals surface area contributed by atoms with Gasteiger partial charge in [-0.05, 0) is 33.3 Å². The smallest absolute Gasteiger partial charge is 0.268 e. The summed E-state index contributed by atoms with van der Waals surface area (Å²) in [6.45, 7) is 5.56. The molecule has 21 heavy (non-hydrogen) atoms. The highest BCUT2D eigenvalue weighted by atomic mass is 32.1. The van der Waals surface area contributed by atoms with Gasteiger partial charge in [0, 0.05) is 30.2 Å². The fourth-order valence-electron chi connectivity index (χ4n) is 2.29. The van der Waals surface area contributed by atoms with Crippen LogP contribution in [-0.4, -0.2) is 32.7 Å². The summed E-state index contributed by atoms with van der Waals surface area (Å²) in [7, 11) is 1.84. The molecule has 1 amide bonds. The van der Waals surface area contributed by atoms with Crippen LogP contribution in [0.4, 0.5) is 0 Å². The molecule has 0 saturated heterocycles. The quantitative estimate of drug-likeness (QED) is 0.891. The lowest BCUT2D eigenvalue weighted by atomic mass is 10.1. The Morgan fingerprint density at radius 1 is 1.52 bits per heavy atom. The Labute approximate surface area is 128 Å². The van der Waals surface area contributed by atoms with Gasteiger partial charge in [-0.2, -0.15) is 0 Å². The number of hydrogen-bond donors (Lipinski definition) is 2. The minimum atomic E-state index is -0.428. The van der Waals surface area contributed by atoms with Crippen molar-refractivity contribution >= 4 is 17.2 Å². The zero-order valence-corrected chi connectivity index (χ0v) is 13.6. The Morgan fingerprint density at radius 2 is 2.24 bits per heavy atom. The first-order valence-electron chi connectivity index (χ1n) is 6.94. The summed E-state index contributed by atoms with van der Waals surface area (Å²) in [4.78, 5) is 16.7. The lowest BCUT2D eigenvalue weighted by molar-refractivity contribution is 0.0915. The molecule has 114 valence electrons. The zero-order valence-electron chi connectivity index (χ0n) is 12.8. The summed E-state index contributed by atoms with van der Waals surface area (Å²) >= 11 is 1.59. The van der Waals surface area contributed by atoms with E-state index in [9.17, 15) is 9.90 Å². The molecule has 2 N–H and O–H groups in total. The number of aryl methyl sites for hydroxylation is 2. The monoisotopic (exact) mass is 307 g/mol. The fraction of sp³-hybridized carbons (Fsp3) is 0.467. The maximum atomic E-state index is 12.3. The van der Waals surface area contributed by atoms with Gasteiger partial charge in [-0.3, -0.25) is 4.79 Å². The fourth-order valence-corrected chi connectivity index (χ4v) is 2.92. The highest BCUT2D eigenvalue weighted by Crippen LogP contribution is 2.23. The number of amides is 1. The molecule has 0 fully saturated rings. The second-order valence-electron chi connectivity index (χ2n) is 5.44. The highest BCUT2D eigenvalue weighted by Gasteiger charge is 2.16. The van der Waals surface area contributed by atoms with Crippen LogP contribution >= 0.6 is 11.3 Å². The molecule has 6 heteroatoms. The lowest BCUT2D eigenvalue weighted by Gasteiger charge is -2.15. The van der Waals surface area contributed by atoms with Crippen LogP contribution < -0.4 is 5.32 Å². The van der Waals surface area contributed by atoms with Crippen molar-refractivity contribution in [3.63, 3.8) is 0 Å². The second kappa shape index (κ2) is 6.41. The molecule has 0 aliphatic rings. The Kier molecular flexibility index (Phi) is 4.80.